The van der Waals surface area contributed by atoms with Crippen LogP contribution in [0.1, 0.15) is 10.4 Å². The van der Waals surface area contributed by atoms with Crippen LogP contribution in [-0.2, 0) is 0 Å². The quantitative estimate of drug-likeness (QED) is 0.896. The first-order valence-electron chi connectivity index (χ1n) is 4.97. The van der Waals surface area contributed by atoms with Crippen molar-refractivity contribution < 1.29 is 14.3 Å². The fourth-order valence-electron chi connectivity index (χ4n) is 1.36. The minimum absolute atomic E-state index is 0.00868. The molecule has 0 spiro atoms. The van der Waals surface area contributed by atoms with E-state index in [0.717, 1.165) is 6.20 Å². The van der Waals surface area contributed by atoms with Crippen LogP contribution >= 0.6 is 15.9 Å². The highest BCUT2D eigenvalue weighted by Gasteiger charge is 2.13. The summed E-state index contributed by atoms with van der Waals surface area (Å²) in [5.41, 5.74) is 0.0648. The van der Waals surface area contributed by atoms with E-state index in [9.17, 15) is 14.3 Å². The van der Waals surface area contributed by atoms with Gasteiger partial charge in [-0.3, -0.25) is 9.78 Å². The number of benzene rings is 1. The maximum Gasteiger partial charge on any atom is 0.259 e. The van der Waals surface area contributed by atoms with E-state index in [1.807, 2.05) is 0 Å². The largest absolute Gasteiger partial charge is 0.507 e. The number of hydrogen-bond donors (Lipinski definition) is 2. The van der Waals surface area contributed by atoms with Gasteiger partial charge in [0.1, 0.15) is 5.75 Å². The van der Waals surface area contributed by atoms with E-state index >= 15 is 0 Å². The van der Waals surface area contributed by atoms with E-state index in [0.29, 0.717) is 4.47 Å². The third-order valence-electron chi connectivity index (χ3n) is 2.22. The van der Waals surface area contributed by atoms with Crippen LogP contribution in [0.15, 0.2) is 41.1 Å². The van der Waals surface area contributed by atoms with Gasteiger partial charge in [-0.1, -0.05) is 15.9 Å². The average molecular weight is 311 g/mol. The van der Waals surface area contributed by atoms with Gasteiger partial charge in [-0.25, -0.2) is 4.39 Å². The molecule has 0 atom stereocenters. The zero-order valence-corrected chi connectivity index (χ0v) is 10.6. The second-order valence-electron chi connectivity index (χ2n) is 3.47. The van der Waals surface area contributed by atoms with Gasteiger partial charge in [-0.05, 0) is 24.3 Å². The molecule has 0 bridgehead atoms. The normalized spacial score (nSPS) is 10.1. The molecule has 92 valence electrons. The first-order valence-corrected chi connectivity index (χ1v) is 5.76. The Morgan fingerprint density at radius 1 is 1.39 bits per heavy atom. The Bertz CT molecular complexity index is 604. The molecule has 0 unspecified atom stereocenters. The monoisotopic (exact) mass is 310 g/mol. The number of nitrogens with one attached hydrogen (secondary N) is 1. The minimum atomic E-state index is -0.639. The summed E-state index contributed by atoms with van der Waals surface area (Å²) >= 11 is 3.19. The number of rotatable bonds is 2. The molecule has 0 fully saturated rings. The van der Waals surface area contributed by atoms with Crippen molar-refractivity contribution in [3.63, 3.8) is 0 Å². The lowest BCUT2D eigenvalue weighted by Crippen LogP contribution is -2.13. The molecule has 1 aromatic carbocycles. The van der Waals surface area contributed by atoms with E-state index in [2.05, 4.69) is 26.2 Å². The van der Waals surface area contributed by atoms with Gasteiger partial charge in [0.15, 0.2) is 5.82 Å². The van der Waals surface area contributed by atoms with E-state index < -0.39 is 11.7 Å². The molecule has 0 saturated carbocycles. The van der Waals surface area contributed by atoms with Crippen LogP contribution in [0.3, 0.4) is 0 Å². The van der Waals surface area contributed by atoms with E-state index in [4.69, 9.17) is 0 Å². The molecule has 2 rings (SSSR count). The number of carbonyl (C=O) groups excluding carboxylic acids is 1. The third kappa shape index (κ3) is 2.65. The Morgan fingerprint density at radius 2 is 2.17 bits per heavy atom. The van der Waals surface area contributed by atoms with Crippen LogP contribution in [0.25, 0.3) is 0 Å². The predicted octanol–water partition coefficient (Wildman–Crippen LogP) is 2.94. The van der Waals surface area contributed by atoms with Crippen LogP contribution in [-0.4, -0.2) is 16.0 Å². The van der Waals surface area contributed by atoms with Crippen molar-refractivity contribution in [2.24, 2.45) is 0 Å². The zero-order chi connectivity index (χ0) is 13.1. The average Bonchev–Trinajstić information content (AvgIpc) is 2.35. The van der Waals surface area contributed by atoms with Crippen molar-refractivity contribution >= 4 is 27.5 Å². The minimum Gasteiger partial charge on any atom is -0.507 e. The lowest BCUT2D eigenvalue weighted by molar-refractivity contribution is 0.102. The number of phenols is 1. The van der Waals surface area contributed by atoms with Crippen LogP contribution < -0.4 is 5.32 Å². The van der Waals surface area contributed by atoms with Crippen LogP contribution in [0, 0.1) is 5.82 Å². The van der Waals surface area contributed by atoms with Gasteiger partial charge in [-0.15, -0.1) is 0 Å². The molecule has 0 aliphatic rings. The van der Waals surface area contributed by atoms with E-state index in [1.54, 1.807) is 6.07 Å². The SMILES string of the molecule is O=C(Nc1ccncc1F)c1cc(Br)ccc1O. The van der Waals surface area contributed by atoms with E-state index in [1.165, 1.54) is 24.4 Å². The zero-order valence-electron chi connectivity index (χ0n) is 9.02. The third-order valence-corrected chi connectivity index (χ3v) is 2.72. The Labute approximate surface area is 111 Å². The fourth-order valence-corrected chi connectivity index (χ4v) is 1.72. The smallest absolute Gasteiger partial charge is 0.259 e. The Hall–Kier alpha value is -1.95. The van der Waals surface area contributed by atoms with Gasteiger partial charge in [0.05, 0.1) is 17.4 Å². The molecule has 0 radical (unpaired) electrons. The molecular weight excluding hydrogens is 303 g/mol. The summed E-state index contributed by atoms with van der Waals surface area (Å²) in [4.78, 5) is 15.4. The molecule has 0 aliphatic carbocycles. The van der Waals surface area contributed by atoms with Crippen molar-refractivity contribution in [3.8, 4) is 5.75 Å². The van der Waals surface area contributed by atoms with Gasteiger partial charge in [0, 0.05) is 10.7 Å². The van der Waals surface area contributed by atoms with Crippen LogP contribution in [0.2, 0.25) is 0 Å². The molecule has 1 heterocycles. The summed E-state index contributed by atoms with van der Waals surface area (Å²) in [5.74, 6) is -1.41. The lowest BCUT2D eigenvalue weighted by Gasteiger charge is -2.07. The summed E-state index contributed by atoms with van der Waals surface area (Å²) in [6.45, 7) is 0. The van der Waals surface area contributed by atoms with E-state index in [-0.39, 0.29) is 17.0 Å². The van der Waals surface area contributed by atoms with Gasteiger partial charge in [0.25, 0.3) is 5.91 Å². The highest BCUT2D eigenvalue weighted by molar-refractivity contribution is 9.10. The van der Waals surface area contributed by atoms with Gasteiger partial charge >= 0.3 is 0 Å². The van der Waals surface area contributed by atoms with Gasteiger partial charge in [0.2, 0.25) is 0 Å². The van der Waals surface area contributed by atoms with Crippen molar-refractivity contribution in [2.45, 2.75) is 0 Å². The highest BCUT2D eigenvalue weighted by atomic mass is 79.9. The van der Waals surface area contributed by atoms with Crippen molar-refractivity contribution in [2.75, 3.05) is 5.32 Å². The molecule has 1 amide bonds. The first-order chi connectivity index (χ1) is 8.58. The number of carbonyl (C=O) groups is 1. The predicted molar refractivity (Wildman–Crippen MR) is 68.0 cm³/mol. The summed E-state index contributed by atoms with van der Waals surface area (Å²) in [6, 6.07) is 5.76. The Morgan fingerprint density at radius 3 is 2.89 bits per heavy atom. The summed E-state index contributed by atoms with van der Waals surface area (Å²) in [7, 11) is 0. The highest BCUT2D eigenvalue weighted by Crippen LogP contribution is 2.23. The molecule has 2 N–H and O–H groups in total. The number of anilines is 1. The second-order valence-corrected chi connectivity index (χ2v) is 4.39. The number of halogens is 2. The molecule has 4 nitrogen and oxygen atoms in total. The molecule has 6 heteroatoms. The topological polar surface area (TPSA) is 62.2 Å². The summed E-state index contributed by atoms with van der Waals surface area (Å²) < 4.78 is 13.9. The maximum atomic E-state index is 13.3. The molecule has 2 aromatic rings. The van der Waals surface area contributed by atoms with Gasteiger partial charge in [-0.2, -0.15) is 0 Å². The number of pyridine rings is 1. The van der Waals surface area contributed by atoms with Gasteiger partial charge < -0.3 is 10.4 Å². The lowest BCUT2D eigenvalue weighted by atomic mass is 10.2. The second kappa shape index (κ2) is 5.14. The van der Waals surface area contributed by atoms with Crippen molar-refractivity contribution in [1.29, 1.82) is 0 Å². The number of aromatic hydroxyl groups is 1. The maximum absolute atomic E-state index is 13.3. The Kier molecular flexibility index (Phi) is 3.57. The number of aromatic nitrogens is 1. The number of amides is 1. The number of hydrogen-bond acceptors (Lipinski definition) is 3. The fraction of sp³-hybridized carbons (Fsp3) is 0. The summed E-state index contributed by atoms with van der Waals surface area (Å²) in [5, 5.41) is 11.9. The first kappa shape index (κ1) is 12.5. The summed E-state index contributed by atoms with van der Waals surface area (Å²) in [6.07, 6.45) is 2.36. The Balaban J connectivity index is 2.28. The van der Waals surface area contributed by atoms with Crippen molar-refractivity contribution in [3.05, 3.63) is 52.5 Å². The number of phenolic OH excluding ortho intramolecular Hbond substituents is 1. The van der Waals surface area contributed by atoms with Crippen molar-refractivity contribution in [1.82, 2.24) is 4.98 Å². The standard InChI is InChI=1S/C12H8BrFN2O2/c13-7-1-2-11(17)8(5-7)12(18)16-10-3-4-15-6-9(10)14/h1-6,17H,(H,15,16,18). The molecule has 0 saturated heterocycles. The molecule has 18 heavy (non-hydrogen) atoms. The molecular formula is C12H8BrFN2O2. The number of nitrogens with zero attached hydrogens (tertiary/aromatic N) is 1. The molecule has 1 aromatic heterocycles. The van der Waals surface area contributed by atoms with Crippen LogP contribution in [0.5, 0.6) is 5.75 Å². The van der Waals surface area contributed by atoms with Crippen LogP contribution in [0.4, 0.5) is 10.1 Å². The molecule has 0 aliphatic heterocycles.